The molecule has 2 heteroatoms. The molecule has 0 amide bonds. The zero-order valence-corrected chi connectivity index (χ0v) is 7.09. The molecule has 1 atom stereocenters. The predicted octanol–water partition coefficient (Wildman–Crippen LogP) is 1.58. The summed E-state index contributed by atoms with van der Waals surface area (Å²) in [4.78, 5) is 22.2. The molecule has 0 aromatic carbocycles. The standard InChI is InChI=1S/C9H14O2/c1-6(2)9(11)7-3-4-8(10)5-7/h6-7H,3-5H2,1-2H3. The number of hydrogen-bond acceptors (Lipinski definition) is 2. The van der Waals surface area contributed by atoms with Crippen molar-refractivity contribution in [1.82, 2.24) is 0 Å². The molecule has 0 aromatic rings. The van der Waals surface area contributed by atoms with Crippen LogP contribution in [0.25, 0.3) is 0 Å². The van der Waals surface area contributed by atoms with Gasteiger partial charge in [-0.25, -0.2) is 0 Å². The van der Waals surface area contributed by atoms with Gasteiger partial charge >= 0.3 is 0 Å². The highest BCUT2D eigenvalue weighted by Gasteiger charge is 2.29. The Labute approximate surface area is 67.0 Å². The highest BCUT2D eigenvalue weighted by Crippen LogP contribution is 2.25. The summed E-state index contributed by atoms with van der Waals surface area (Å²) in [5.74, 6) is 0.647. The van der Waals surface area contributed by atoms with Gasteiger partial charge in [0.15, 0.2) is 0 Å². The Morgan fingerprint density at radius 3 is 2.55 bits per heavy atom. The van der Waals surface area contributed by atoms with Crippen LogP contribution in [0.3, 0.4) is 0 Å². The molecule has 0 spiro atoms. The molecule has 11 heavy (non-hydrogen) atoms. The van der Waals surface area contributed by atoms with E-state index in [0.29, 0.717) is 12.8 Å². The highest BCUT2D eigenvalue weighted by atomic mass is 16.1. The van der Waals surface area contributed by atoms with Crippen molar-refractivity contribution >= 4 is 11.6 Å². The summed E-state index contributed by atoms with van der Waals surface area (Å²) in [7, 11) is 0. The molecule has 62 valence electrons. The van der Waals surface area contributed by atoms with Gasteiger partial charge in [0.25, 0.3) is 0 Å². The molecule has 2 nitrogen and oxygen atoms in total. The molecule has 0 heterocycles. The van der Waals surface area contributed by atoms with Crippen LogP contribution in [0, 0.1) is 11.8 Å². The maximum Gasteiger partial charge on any atom is 0.138 e. The van der Waals surface area contributed by atoms with E-state index in [4.69, 9.17) is 0 Å². The monoisotopic (exact) mass is 154 g/mol. The van der Waals surface area contributed by atoms with Crippen molar-refractivity contribution in [3.63, 3.8) is 0 Å². The van der Waals surface area contributed by atoms with Crippen molar-refractivity contribution in [3.8, 4) is 0 Å². The van der Waals surface area contributed by atoms with Crippen molar-refractivity contribution in [2.75, 3.05) is 0 Å². The summed E-state index contributed by atoms with van der Waals surface area (Å²) in [6, 6.07) is 0. The molecule has 0 saturated heterocycles. The topological polar surface area (TPSA) is 34.1 Å². The van der Waals surface area contributed by atoms with Crippen LogP contribution in [0.5, 0.6) is 0 Å². The number of carbonyl (C=O) groups excluding carboxylic acids is 2. The summed E-state index contributed by atoms with van der Waals surface area (Å²) < 4.78 is 0. The minimum absolute atomic E-state index is 0.0440. The van der Waals surface area contributed by atoms with E-state index in [1.165, 1.54) is 0 Å². The number of ketones is 2. The van der Waals surface area contributed by atoms with E-state index >= 15 is 0 Å². The summed E-state index contributed by atoms with van der Waals surface area (Å²) in [5.41, 5.74) is 0. The second-order valence-electron chi connectivity index (χ2n) is 3.54. The second-order valence-corrected chi connectivity index (χ2v) is 3.54. The van der Waals surface area contributed by atoms with Gasteiger partial charge in [0.1, 0.15) is 11.6 Å². The van der Waals surface area contributed by atoms with E-state index in [1.807, 2.05) is 13.8 Å². The molecule has 1 saturated carbocycles. The lowest BCUT2D eigenvalue weighted by Gasteiger charge is -2.08. The average Bonchev–Trinajstić information content (AvgIpc) is 2.34. The molecule has 1 fully saturated rings. The van der Waals surface area contributed by atoms with Gasteiger partial charge in [-0.2, -0.15) is 0 Å². The van der Waals surface area contributed by atoms with Crippen LogP contribution in [0.4, 0.5) is 0 Å². The Hall–Kier alpha value is -0.660. The fourth-order valence-electron chi connectivity index (χ4n) is 1.53. The summed E-state index contributed by atoms with van der Waals surface area (Å²) in [6.45, 7) is 3.79. The summed E-state index contributed by atoms with van der Waals surface area (Å²) in [6.07, 6.45) is 1.90. The molecular weight excluding hydrogens is 140 g/mol. The van der Waals surface area contributed by atoms with Crippen molar-refractivity contribution in [2.24, 2.45) is 11.8 Å². The normalized spacial score (nSPS) is 24.6. The van der Waals surface area contributed by atoms with Gasteiger partial charge in [-0.05, 0) is 6.42 Å². The summed E-state index contributed by atoms with van der Waals surface area (Å²) >= 11 is 0. The van der Waals surface area contributed by atoms with Gasteiger partial charge in [0.05, 0.1) is 0 Å². The maximum atomic E-state index is 11.3. The first-order valence-electron chi connectivity index (χ1n) is 4.16. The van der Waals surface area contributed by atoms with E-state index in [0.717, 1.165) is 6.42 Å². The molecule has 1 aliphatic carbocycles. The lowest BCUT2D eigenvalue weighted by Crippen LogP contribution is -2.17. The van der Waals surface area contributed by atoms with Gasteiger partial charge in [0.2, 0.25) is 0 Å². The quantitative estimate of drug-likeness (QED) is 0.605. The molecule has 0 aliphatic heterocycles. The third-order valence-electron chi connectivity index (χ3n) is 2.22. The van der Waals surface area contributed by atoms with Crippen molar-refractivity contribution in [1.29, 1.82) is 0 Å². The average molecular weight is 154 g/mol. The predicted molar refractivity (Wildman–Crippen MR) is 42.2 cm³/mol. The molecule has 0 N–H and O–H groups in total. The van der Waals surface area contributed by atoms with Crippen LogP contribution in [0.2, 0.25) is 0 Å². The number of carbonyl (C=O) groups is 2. The Kier molecular flexibility index (Phi) is 2.42. The number of rotatable bonds is 2. The minimum Gasteiger partial charge on any atom is -0.300 e. The molecule has 0 radical (unpaired) electrons. The van der Waals surface area contributed by atoms with E-state index in [1.54, 1.807) is 0 Å². The highest BCUT2D eigenvalue weighted by molar-refractivity contribution is 5.91. The van der Waals surface area contributed by atoms with Crippen LogP contribution in [-0.4, -0.2) is 11.6 Å². The second kappa shape index (κ2) is 3.16. The van der Waals surface area contributed by atoms with Gasteiger partial charge in [-0.3, -0.25) is 9.59 Å². The number of Topliss-reactive ketones (excluding diaryl/α,β-unsaturated/α-hetero) is 2. The van der Waals surface area contributed by atoms with E-state index in [-0.39, 0.29) is 23.4 Å². The van der Waals surface area contributed by atoms with Crippen LogP contribution < -0.4 is 0 Å². The molecular formula is C9H14O2. The van der Waals surface area contributed by atoms with Crippen LogP contribution in [0.1, 0.15) is 33.1 Å². The third-order valence-corrected chi connectivity index (χ3v) is 2.22. The first kappa shape index (κ1) is 8.44. The summed E-state index contributed by atoms with van der Waals surface area (Å²) in [5, 5.41) is 0. The molecule has 0 bridgehead atoms. The minimum atomic E-state index is 0.0440. The zero-order valence-electron chi connectivity index (χ0n) is 7.09. The van der Waals surface area contributed by atoms with Gasteiger partial charge < -0.3 is 0 Å². The van der Waals surface area contributed by atoms with E-state index in [9.17, 15) is 9.59 Å². The SMILES string of the molecule is CC(C)C(=O)C1CCC(=O)C1. The van der Waals surface area contributed by atoms with E-state index in [2.05, 4.69) is 0 Å². The lowest BCUT2D eigenvalue weighted by molar-refractivity contribution is -0.127. The van der Waals surface area contributed by atoms with Crippen LogP contribution in [0.15, 0.2) is 0 Å². The van der Waals surface area contributed by atoms with Crippen molar-refractivity contribution in [3.05, 3.63) is 0 Å². The molecule has 1 aliphatic rings. The Balaban J connectivity index is 2.50. The third kappa shape index (κ3) is 1.88. The Morgan fingerprint density at radius 2 is 2.18 bits per heavy atom. The first-order chi connectivity index (χ1) is 5.11. The zero-order chi connectivity index (χ0) is 8.43. The maximum absolute atomic E-state index is 11.3. The van der Waals surface area contributed by atoms with Gasteiger partial charge in [0, 0.05) is 24.7 Å². The van der Waals surface area contributed by atoms with Crippen molar-refractivity contribution in [2.45, 2.75) is 33.1 Å². The first-order valence-corrected chi connectivity index (χ1v) is 4.16. The van der Waals surface area contributed by atoms with E-state index < -0.39 is 0 Å². The molecule has 1 rings (SSSR count). The Morgan fingerprint density at radius 1 is 1.55 bits per heavy atom. The smallest absolute Gasteiger partial charge is 0.138 e. The fourth-order valence-corrected chi connectivity index (χ4v) is 1.53. The lowest BCUT2D eigenvalue weighted by atomic mass is 9.94. The van der Waals surface area contributed by atoms with Gasteiger partial charge in [-0.1, -0.05) is 13.8 Å². The molecule has 0 aromatic heterocycles. The van der Waals surface area contributed by atoms with Crippen LogP contribution >= 0.6 is 0 Å². The van der Waals surface area contributed by atoms with Crippen molar-refractivity contribution < 1.29 is 9.59 Å². The fraction of sp³-hybridized carbons (Fsp3) is 0.778. The van der Waals surface area contributed by atoms with Gasteiger partial charge in [-0.15, -0.1) is 0 Å². The largest absolute Gasteiger partial charge is 0.300 e. The number of hydrogen-bond donors (Lipinski definition) is 0. The molecule has 1 unspecified atom stereocenters. The van der Waals surface area contributed by atoms with Crippen LogP contribution in [-0.2, 0) is 9.59 Å². The Bertz CT molecular complexity index is 182.